The molecule has 0 atom stereocenters. The van der Waals surface area contributed by atoms with Crippen LogP contribution in [0.4, 0.5) is 13.2 Å². The molecule has 0 heterocycles. The number of halogens is 4. The molecule has 2 aromatic carbocycles. The maximum atomic E-state index is 12.1. The van der Waals surface area contributed by atoms with Crippen LogP contribution in [0.2, 0.25) is 0 Å². The summed E-state index contributed by atoms with van der Waals surface area (Å²) in [5, 5.41) is 15.7. The van der Waals surface area contributed by atoms with Crippen LogP contribution in [0.3, 0.4) is 0 Å². The molecule has 0 aliphatic heterocycles. The monoisotopic (exact) mass is 537 g/mol. The highest BCUT2D eigenvalue weighted by Gasteiger charge is 2.27. The van der Waals surface area contributed by atoms with Crippen LogP contribution < -0.4 is 10.6 Å². The molecule has 0 spiro atoms. The van der Waals surface area contributed by atoms with E-state index in [2.05, 4.69) is 20.4 Å². The lowest BCUT2D eigenvalue weighted by atomic mass is 10.1. The normalized spacial score (nSPS) is 11.7. The van der Waals surface area contributed by atoms with Crippen molar-refractivity contribution in [3.05, 3.63) is 65.2 Å². The summed E-state index contributed by atoms with van der Waals surface area (Å²) < 4.78 is 40.9. The van der Waals surface area contributed by atoms with Gasteiger partial charge in [0.15, 0.2) is 5.96 Å². The number of alkyl halides is 3. The second-order valence-corrected chi connectivity index (χ2v) is 6.55. The highest BCUT2D eigenvalue weighted by atomic mass is 127. The fraction of sp³-hybridized carbons (Fsp3) is 0.381. The van der Waals surface area contributed by atoms with Crippen molar-refractivity contribution in [2.45, 2.75) is 32.2 Å². The Balaban J connectivity index is 0.00000450. The molecule has 0 fully saturated rings. The van der Waals surface area contributed by atoms with E-state index in [9.17, 15) is 18.3 Å². The summed E-state index contributed by atoms with van der Waals surface area (Å²) in [7, 11) is 1.69. The van der Waals surface area contributed by atoms with Gasteiger partial charge in [0.25, 0.3) is 0 Å². The molecule has 0 amide bonds. The van der Waals surface area contributed by atoms with Gasteiger partial charge in [-0.05, 0) is 41.7 Å². The summed E-state index contributed by atoms with van der Waals surface area (Å²) in [6.45, 7) is -0.0279. The number of rotatable bonds is 9. The number of phenolic OH excluding ortho intramolecular Hbond substituents is 1. The van der Waals surface area contributed by atoms with Crippen molar-refractivity contribution in [2.75, 3.05) is 20.2 Å². The number of ether oxygens (including phenoxy) is 1. The lowest BCUT2D eigenvalue weighted by Gasteiger charge is -2.12. The summed E-state index contributed by atoms with van der Waals surface area (Å²) in [5.41, 5.74) is 2.83. The van der Waals surface area contributed by atoms with Crippen LogP contribution in [0.5, 0.6) is 5.75 Å². The Morgan fingerprint density at radius 3 is 2.17 bits per heavy atom. The number of aliphatic imine (C=N–C) groups is 1. The minimum Gasteiger partial charge on any atom is -0.508 e. The van der Waals surface area contributed by atoms with E-state index >= 15 is 0 Å². The van der Waals surface area contributed by atoms with Gasteiger partial charge in [0.1, 0.15) is 12.4 Å². The summed E-state index contributed by atoms with van der Waals surface area (Å²) in [6, 6.07) is 14.4. The van der Waals surface area contributed by atoms with Crippen molar-refractivity contribution in [3.63, 3.8) is 0 Å². The molecular weight excluding hydrogens is 510 g/mol. The van der Waals surface area contributed by atoms with Gasteiger partial charge in [0.05, 0.1) is 6.61 Å². The van der Waals surface area contributed by atoms with E-state index < -0.39 is 12.8 Å². The summed E-state index contributed by atoms with van der Waals surface area (Å²) in [4.78, 5) is 4.18. The van der Waals surface area contributed by atoms with E-state index in [4.69, 9.17) is 0 Å². The first kappa shape index (κ1) is 26.0. The minimum atomic E-state index is -4.31. The summed E-state index contributed by atoms with van der Waals surface area (Å²) >= 11 is 0. The van der Waals surface area contributed by atoms with Gasteiger partial charge in [0.2, 0.25) is 0 Å². The number of aromatic hydroxyl groups is 1. The molecule has 0 aliphatic carbocycles. The first-order valence-electron chi connectivity index (χ1n) is 9.30. The molecule has 0 radical (unpaired) electrons. The Labute approximate surface area is 191 Å². The van der Waals surface area contributed by atoms with Crippen LogP contribution >= 0.6 is 24.0 Å². The number of guanidine groups is 1. The van der Waals surface area contributed by atoms with Crippen LogP contribution in [-0.4, -0.2) is 37.4 Å². The number of aryl methyl sites for hydroxylation is 1. The first-order chi connectivity index (χ1) is 13.9. The van der Waals surface area contributed by atoms with Gasteiger partial charge in [0, 0.05) is 20.1 Å². The van der Waals surface area contributed by atoms with Crippen LogP contribution in [0.25, 0.3) is 0 Å². The highest BCUT2D eigenvalue weighted by Crippen LogP contribution is 2.16. The summed E-state index contributed by atoms with van der Waals surface area (Å²) in [5.74, 6) is 0.937. The molecule has 0 aromatic heterocycles. The number of hydrogen-bond donors (Lipinski definition) is 3. The topological polar surface area (TPSA) is 65.9 Å². The molecule has 0 saturated heterocycles. The van der Waals surface area contributed by atoms with Gasteiger partial charge in [-0.25, -0.2) is 0 Å². The van der Waals surface area contributed by atoms with Crippen molar-refractivity contribution < 1.29 is 23.0 Å². The van der Waals surface area contributed by atoms with Crippen LogP contribution in [0, 0.1) is 0 Å². The van der Waals surface area contributed by atoms with Gasteiger partial charge in [-0.3, -0.25) is 4.99 Å². The van der Waals surface area contributed by atoms with Gasteiger partial charge in [-0.2, -0.15) is 13.2 Å². The van der Waals surface area contributed by atoms with Gasteiger partial charge < -0.3 is 20.5 Å². The SMILES string of the molecule is CN=C(NCCCc1ccc(O)cc1)NCc1ccc(COCC(F)(F)F)cc1.I. The predicted octanol–water partition coefficient (Wildman–Crippen LogP) is 4.39. The lowest BCUT2D eigenvalue weighted by molar-refractivity contribution is -0.176. The quantitative estimate of drug-likeness (QED) is 0.192. The zero-order valence-corrected chi connectivity index (χ0v) is 19.0. The van der Waals surface area contributed by atoms with Crippen LogP contribution in [-0.2, 0) is 24.3 Å². The lowest BCUT2D eigenvalue weighted by Crippen LogP contribution is -2.37. The highest BCUT2D eigenvalue weighted by molar-refractivity contribution is 14.0. The Bertz CT molecular complexity index is 767. The third-order valence-corrected chi connectivity index (χ3v) is 4.11. The van der Waals surface area contributed by atoms with Crippen molar-refractivity contribution in [1.82, 2.24) is 10.6 Å². The third-order valence-electron chi connectivity index (χ3n) is 4.11. The number of hydrogen-bond acceptors (Lipinski definition) is 3. The van der Waals surface area contributed by atoms with Crippen LogP contribution in [0.15, 0.2) is 53.5 Å². The first-order valence-corrected chi connectivity index (χ1v) is 9.30. The van der Waals surface area contributed by atoms with E-state index in [0.29, 0.717) is 18.1 Å². The molecule has 0 unspecified atom stereocenters. The average Bonchev–Trinajstić information content (AvgIpc) is 2.69. The molecule has 3 N–H and O–H groups in total. The number of nitrogens with zero attached hydrogens (tertiary/aromatic N) is 1. The fourth-order valence-electron chi connectivity index (χ4n) is 2.61. The molecule has 9 heteroatoms. The molecule has 2 rings (SSSR count). The second kappa shape index (κ2) is 13.3. The molecule has 0 bridgehead atoms. The number of nitrogens with one attached hydrogen (secondary N) is 2. The molecular formula is C21H27F3IN3O2. The zero-order chi connectivity index (χ0) is 21.1. The molecule has 0 aliphatic rings. The minimum absolute atomic E-state index is 0. The molecule has 5 nitrogen and oxygen atoms in total. The van der Waals surface area contributed by atoms with Crippen LogP contribution in [0.1, 0.15) is 23.1 Å². The maximum Gasteiger partial charge on any atom is 0.411 e. The second-order valence-electron chi connectivity index (χ2n) is 6.55. The van der Waals surface area contributed by atoms with Crippen molar-refractivity contribution in [2.24, 2.45) is 4.99 Å². The number of benzene rings is 2. The number of phenols is 1. The zero-order valence-electron chi connectivity index (χ0n) is 16.7. The van der Waals surface area contributed by atoms with E-state index in [1.807, 2.05) is 24.3 Å². The molecule has 166 valence electrons. The fourth-order valence-corrected chi connectivity index (χ4v) is 2.61. The standard InChI is InChI=1S/C21H26F3N3O2.HI/c1-25-20(26-12-2-3-16-8-10-19(28)11-9-16)27-13-17-4-6-18(7-5-17)14-29-15-21(22,23)24;/h4-11,28H,2-3,12-15H2,1H3,(H2,25,26,27);1H. The van der Waals surface area contributed by atoms with Gasteiger partial charge in [-0.15, -0.1) is 24.0 Å². The van der Waals surface area contributed by atoms with E-state index in [-0.39, 0.29) is 36.3 Å². The maximum absolute atomic E-state index is 12.1. The van der Waals surface area contributed by atoms with Crippen molar-refractivity contribution >= 4 is 29.9 Å². The molecule has 30 heavy (non-hydrogen) atoms. The van der Waals surface area contributed by atoms with Crippen molar-refractivity contribution in [1.29, 1.82) is 0 Å². The Kier molecular flexibility index (Phi) is 11.6. The van der Waals surface area contributed by atoms with E-state index in [1.165, 1.54) is 0 Å². The Morgan fingerprint density at radius 2 is 1.57 bits per heavy atom. The van der Waals surface area contributed by atoms with E-state index in [1.54, 1.807) is 31.3 Å². The van der Waals surface area contributed by atoms with E-state index in [0.717, 1.165) is 30.5 Å². The summed E-state index contributed by atoms with van der Waals surface area (Å²) in [6.07, 6.45) is -2.50. The Hall–Kier alpha value is -2.01. The smallest absolute Gasteiger partial charge is 0.411 e. The van der Waals surface area contributed by atoms with Crippen molar-refractivity contribution in [3.8, 4) is 5.75 Å². The molecule has 0 saturated carbocycles. The van der Waals surface area contributed by atoms with Gasteiger partial charge >= 0.3 is 6.18 Å². The predicted molar refractivity (Wildman–Crippen MR) is 122 cm³/mol. The largest absolute Gasteiger partial charge is 0.508 e. The Morgan fingerprint density at radius 1 is 0.967 bits per heavy atom. The average molecular weight is 537 g/mol. The third kappa shape index (κ3) is 10.7. The molecule has 2 aromatic rings. The van der Waals surface area contributed by atoms with Gasteiger partial charge in [-0.1, -0.05) is 36.4 Å².